The topological polar surface area (TPSA) is 3.24 Å². The summed E-state index contributed by atoms with van der Waals surface area (Å²) in [5.41, 5.74) is 0.282. The Morgan fingerprint density at radius 3 is 1.93 bits per heavy atom. The average Bonchev–Trinajstić information content (AvgIpc) is 2.26. The number of hydrogen-bond donors (Lipinski definition) is 0. The molecule has 1 rings (SSSR count). The molecule has 0 saturated carbocycles. The molecule has 1 nitrogen and oxygen atoms in total. The van der Waals surface area contributed by atoms with Gasteiger partial charge in [-0.1, -0.05) is 0 Å². The van der Waals surface area contributed by atoms with Crippen LogP contribution >= 0.6 is 0 Å². The molecule has 1 aliphatic rings. The van der Waals surface area contributed by atoms with Crippen molar-refractivity contribution in [2.45, 2.75) is 50.0 Å². The van der Waals surface area contributed by atoms with E-state index in [1.165, 1.54) is 0 Å². The Balaban J connectivity index is 2.81. The average molecular weight is 388 g/mol. The molecule has 14 heavy (non-hydrogen) atoms. The van der Waals surface area contributed by atoms with Crippen molar-refractivity contribution in [3.05, 3.63) is 12.3 Å². The fourth-order valence-corrected chi connectivity index (χ4v) is 11.3. The molecule has 0 aromatic heterocycles. The zero-order valence-corrected chi connectivity index (χ0v) is 14.6. The SMILES string of the molecule is CB1[CH]([Pb]([CH3])([CH3])[CH3])C=CN1C(C)(C)C. The van der Waals surface area contributed by atoms with Crippen LogP contribution in [0.3, 0.4) is 0 Å². The molecular formula is C11H24BNPb. The number of allylic oxidation sites excluding steroid dienone is 1. The molecule has 0 N–H and O–H groups in total. The van der Waals surface area contributed by atoms with Crippen LogP contribution in [0.4, 0.5) is 0 Å². The molecule has 1 heterocycles. The molecule has 3 heteroatoms. The molecule has 0 aliphatic carbocycles. The van der Waals surface area contributed by atoms with Crippen molar-refractivity contribution in [3.63, 3.8) is 0 Å². The molecule has 1 atom stereocenters. The van der Waals surface area contributed by atoms with E-state index in [9.17, 15) is 0 Å². The molecule has 0 aromatic rings. The first-order valence-corrected chi connectivity index (χ1v) is 19.5. The fourth-order valence-electron chi connectivity index (χ4n) is 2.50. The predicted octanol–water partition coefficient (Wildman–Crippen LogP) is 3.48. The Kier molecular flexibility index (Phi) is 3.45. The van der Waals surface area contributed by atoms with Gasteiger partial charge in [-0.3, -0.25) is 0 Å². The molecule has 0 spiro atoms. The molecule has 0 saturated heterocycles. The van der Waals surface area contributed by atoms with E-state index in [4.69, 9.17) is 0 Å². The van der Waals surface area contributed by atoms with Crippen molar-refractivity contribution in [1.82, 2.24) is 4.81 Å². The molecule has 0 amide bonds. The van der Waals surface area contributed by atoms with E-state index in [-0.39, 0.29) is 5.54 Å². The van der Waals surface area contributed by atoms with Gasteiger partial charge in [0.2, 0.25) is 0 Å². The van der Waals surface area contributed by atoms with Crippen molar-refractivity contribution in [2.24, 2.45) is 0 Å². The van der Waals surface area contributed by atoms with Gasteiger partial charge in [0.15, 0.2) is 0 Å². The summed E-state index contributed by atoms with van der Waals surface area (Å²) in [5, 5.41) is 0. The molecular weight excluding hydrogens is 364 g/mol. The maximum atomic E-state index is 2.55. The zero-order valence-electron chi connectivity index (χ0n) is 10.8. The van der Waals surface area contributed by atoms with Crippen molar-refractivity contribution >= 4 is 28.0 Å². The van der Waals surface area contributed by atoms with Crippen LogP contribution in [-0.4, -0.2) is 38.4 Å². The molecule has 0 bridgehead atoms. The van der Waals surface area contributed by atoms with Gasteiger partial charge in [-0.15, -0.1) is 0 Å². The molecule has 1 unspecified atom stereocenters. The molecule has 80 valence electrons. The second kappa shape index (κ2) is 3.83. The standard InChI is InChI=1S/C8H15BN.3CH3.Pb/c1-8(2,3)10-7-5-6-9(10)4;;;;/h5-7H,1-4H3;3*1H3;. The van der Waals surface area contributed by atoms with Crippen LogP contribution in [0.2, 0.25) is 23.6 Å². The van der Waals surface area contributed by atoms with Crippen LogP contribution in [0.1, 0.15) is 20.8 Å². The molecule has 0 radical (unpaired) electrons. The number of rotatable bonds is 1. The van der Waals surface area contributed by atoms with Gasteiger partial charge in [-0.05, 0) is 0 Å². The number of hydrogen-bond acceptors (Lipinski definition) is 1. The van der Waals surface area contributed by atoms with Crippen LogP contribution < -0.4 is 0 Å². The first-order chi connectivity index (χ1) is 6.14. The first kappa shape index (κ1) is 12.6. The van der Waals surface area contributed by atoms with Crippen LogP contribution in [0.25, 0.3) is 0 Å². The summed E-state index contributed by atoms with van der Waals surface area (Å²) in [4.78, 5) is 2.53. The van der Waals surface area contributed by atoms with E-state index in [1.807, 2.05) is 0 Å². The number of nitrogens with zero attached hydrogens (tertiary/aromatic N) is 1. The van der Waals surface area contributed by atoms with Crippen molar-refractivity contribution in [1.29, 1.82) is 0 Å². The van der Waals surface area contributed by atoms with Crippen molar-refractivity contribution in [3.8, 4) is 0 Å². The molecule has 0 fully saturated rings. The fraction of sp³-hybridized carbons (Fsp3) is 0.818. The van der Waals surface area contributed by atoms with Gasteiger partial charge in [0.05, 0.1) is 0 Å². The summed E-state index contributed by atoms with van der Waals surface area (Å²) in [7, 11) is 0. The van der Waals surface area contributed by atoms with Gasteiger partial charge >= 0.3 is 95.1 Å². The van der Waals surface area contributed by atoms with E-state index in [1.54, 1.807) is 0 Å². The van der Waals surface area contributed by atoms with Crippen LogP contribution in [0, 0.1) is 0 Å². The van der Waals surface area contributed by atoms with Gasteiger partial charge in [0.25, 0.3) is 0 Å². The van der Waals surface area contributed by atoms with E-state index >= 15 is 0 Å². The summed E-state index contributed by atoms with van der Waals surface area (Å²) in [6.07, 6.45) is 4.80. The second-order valence-electron chi connectivity index (χ2n) is 6.55. The van der Waals surface area contributed by atoms with Gasteiger partial charge < -0.3 is 0 Å². The van der Waals surface area contributed by atoms with Crippen LogP contribution in [-0.2, 0) is 0 Å². The van der Waals surface area contributed by atoms with E-state index in [2.05, 4.69) is 58.1 Å². The van der Waals surface area contributed by atoms with Crippen LogP contribution in [0.5, 0.6) is 0 Å². The molecule has 0 aromatic carbocycles. The predicted molar refractivity (Wildman–Crippen MR) is 69.4 cm³/mol. The normalized spacial score (nSPS) is 23.5. The molecule has 1 aliphatic heterocycles. The van der Waals surface area contributed by atoms with Gasteiger partial charge in [0.1, 0.15) is 0 Å². The van der Waals surface area contributed by atoms with E-state index in [0.29, 0.717) is 0 Å². The second-order valence-corrected chi connectivity index (χ2v) is 27.5. The Labute approximate surface area is 94.7 Å². The Morgan fingerprint density at radius 2 is 1.71 bits per heavy atom. The summed E-state index contributed by atoms with van der Waals surface area (Å²) in [6, 6.07) is 0. The minimum atomic E-state index is -1.88. The summed E-state index contributed by atoms with van der Waals surface area (Å²) < 4.78 is 8.53. The maximum absolute atomic E-state index is 2.55. The summed E-state index contributed by atoms with van der Waals surface area (Å²) in [5.74, 6) is 0. The Bertz CT molecular complexity index is 213. The third-order valence-electron chi connectivity index (χ3n) is 3.19. The monoisotopic (exact) mass is 389 g/mol. The third kappa shape index (κ3) is 2.55. The summed E-state index contributed by atoms with van der Waals surface area (Å²) >= 11 is -1.88. The van der Waals surface area contributed by atoms with Crippen molar-refractivity contribution < 1.29 is 0 Å². The zero-order chi connectivity index (χ0) is 11.1. The van der Waals surface area contributed by atoms with E-state index < -0.39 is 21.2 Å². The van der Waals surface area contributed by atoms with Gasteiger partial charge in [0, 0.05) is 0 Å². The van der Waals surface area contributed by atoms with Crippen molar-refractivity contribution in [2.75, 3.05) is 0 Å². The van der Waals surface area contributed by atoms with Crippen LogP contribution in [0.15, 0.2) is 12.3 Å². The van der Waals surface area contributed by atoms with Gasteiger partial charge in [-0.2, -0.15) is 0 Å². The first-order valence-electron chi connectivity index (χ1n) is 5.61. The van der Waals surface area contributed by atoms with E-state index in [0.717, 1.165) is 10.2 Å². The third-order valence-corrected chi connectivity index (χ3v) is 13.6. The minimum absolute atomic E-state index is 0.282. The van der Waals surface area contributed by atoms with Gasteiger partial charge in [-0.25, -0.2) is 0 Å². The Morgan fingerprint density at radius 1 is 1.21 bits per heavy atom. The Hall–Kier alpha value is 0.527. The summed E-state index contributed by atoms with van der Waals surface area (Å²) in [6.45, 7) is 10.0. The quantitative estimate of drug-likeness (QED) is 0.622.